The number of allylic oxidation sites excluding steroid dienone is 2. The molecule has 182 valence electrons. The molecular formula is C26H25Li2N7O2-4. The topological polar surface area (TPSA) is 106 Å². The average Bonchev–Trinajstić information content (AvgIpc) is 2.87. The fourth-order valence-corrected chi connectivity index (χ4v) is 2.84. The number of aliphatic imine (C=N–C) groups is 2. The Balaban J connectivity index is 0.00000342. The number of pyridine rings is 1. The van der Waals surface area contributed by atoms with E-state index in [0.717, 1.165) is 11.3 Å². The van der Waals surface area contributed by atoms with Gasteiger partial charge in [-0.05, 0) is 49.0 Å². The van der Waals surface area contributed by atoms with Crippen molar-refractivity contribution in [3.05, 3.63) is 87.2 Å². The third-order valence-electron chi connectivity index (χ3n) is 4.47. The van der Waals surface area contributed by atoms with E-state index in [2.05, 4.69) is 62.0 Å². The van der Waals surface area contributed by atoms with Gasteiger partial charge in [-0.25, -0.2) is 4.98 Å². The summed E-state index contributed by atoms with van der Waals surface area (Å²) in [7, 11) is 3.30. The SMILES string of the molecule is [CH-]=C/C(=C\[C-]=NC=N[CH2-])Oc1ccc(Nc2ncnc3cc(OC[CH-]CNC[CH2-])[c-]nc23)cc1C.[Li+].[Li+]. The Kier molecular flexibility index (Phi) is 15.1. The fraction of sp³-hybridized carbons (Fsp3) is 0.154. The third-order valence-corrected chi connectivity index (χ3v) is 4.47. The minimum Gasteiger partial charge on any atom is -0.549 e. The van der Waals surface area contributed by atoms with Crippen molar-refractivity contribution in [2.45, 2.75) is 6.92 Å². The summed E-state index contributed by atoms with van der Waals surface area (Å²) >= 11 is 0. The summed E-state index contributed by atoms with van der Waals surface area (Å²) in [6, 6.07) is 7.37. The first kappa shape index (κ1) is 32.0. The van der Waals surface area contributed by atoms with Crippen LogP contribution in [0.2, 0.25) is 0 Å². The van der Waals surface area contributed by atoms with E-state index in [0.29, 0.717) is 53.8 Å². The molecule has 0 aliphatic rings. The molecule has 2 heterocycles. The number of ether oxygens (including phenoxy) is 2. The van der Waals surface area contributed by atoms with Crippen molar-refractivity contribution < 1.29 is 47.2 Å². The molecule has 0 radical (unpaired) electrons. The van der Waals surface area contributed by atoms with Crippen molar-refractivity contribution in [1.29, 1.82) is 0 Å². The Morgan fingerprint density at radius 3 is 2.86 bits per heavy atom. The zero-order chi connectivity index (χ0) is 24.9. The van der Waals surface area contributed by atoms with E-state index in [4.69, 9.17) is 16.1 Å². The van der Waals surface area contributed by atoms with Gasteiger partial charge < -0.3 is 42.0 Å². The van der Waals surface area contributed by atoms with Gasteiger partial charge in [-0.2, -0.15) is 13.1 Å². The number of nitrogens with one attached hydrogen (secondary N) is 2. The summed E-state index contributed by atoms with van der Waals surface area (Å²) in [5.41, 5.74) is 2.88. The van der Waals surface area contributed by atoms with Crippen LogP contribution < -0.4 is 57.8 Å². The second-order valence-electron chi connectivity index (χ2n) is 6.97. The Hall–Kier alpha value is -3.05. The van der Waals surface area contributed by atoms with Crippen LogP contribution in [0.15, 0.2) is 58.5 Å². The number of aryl methyl sites for hydroxylation is 1. The second kappa shape index (κ2) is 17.4. The van der Waals surface area contributed by atoms with Crippen LogP contribution in [0.5, 0.6) is 11.5 Å². The van der Waals surface area contributed by atoms with E-state index in [-0.39, 0.29) is 37.7 Å². The average molecular weight is 481 g/mol. The van der Waals surface area contributed by atoms with Gasteiger partial charge in [-0.3, -0.25) is 18.0 Å². The van der Waals surface area contributed by atoms with Gasteiger partial charge in [0.25, 0.3) is 0 Å². The Labute approximate surface area is 242 Å². The minimum atomic E-state index is 0. The molecule has 2 N–H and O–H groups in total. The van der Waals surface area contributed by atoms with Gasteiger partial charge >= 0.3 is 37.7 Å². The molecule has 0 aliphatic carbocycles. The standard InChI is InChI=1S/C26H25N7O2.2Li/c1-5-21(10-12-29-17-27-4)35-24-9-8-20(14-19(24)3)33-26-25-23(31-18-32-26)15-22(16-30-25)34-13-7-11-28-6-2;;/h1,5,7-10,14-15,17-18,28H,2,4,6,11,13H2,3H3,(H,31,32,33);;/q-6;2*+1/b21-10+,27-17?;;. The molecule has 3 rings (SSSR count). The molecule has 0 saturated carbocycles. The van der Waals surface area contributed by atoms with Crippen molar-refractivity contribution in [3.8, 4) is 11.5 Å². The molecule has 37 heavy (non-hydrogen) atoms. The van der Waals surface area contributed by atoms with Gasteiger partial charge in [-0.1, -0.05) is 12.6 Å². The third kappa shape index (κ3) is 10.1. The molecule has 0 bridgehead atoms. The Morgan fingerprint density at radius 1 is 1.30 bits per heavy atom. The molecule has 0 atom stereocenters. The Bertz CT molecular complexity index is 1230. The van der Waals surface area contributed by atoms with E-state index in [9.17, 15) is 0 Å². The summed E-state index contributed by atoms with van der Waals surface area (Å²) in [6.45, 7) is 13.1. The van der Waals surface area contributed by atoms with E-state index in [1.54, 1.807) is 6.07 Å². The molecule has 0 spiro atoms. The number of benzene rings is 1. The molecule has 0 unspecified atom stereocenters. The first-order valence-electron chi connectivity index (χ1n) is 10.7. The molecule has 0 fully saturated rings. The first-order chi connectivity index (χ1) is 17.1. The number of anilines is 2. The molecule has 1 aromatic carbocycles. The quantitative estimate of drug-likeness (QED) is 0.0549. The summed E-state index contributed by atoms with van der Waals surface area (Å²) in [5.74, 6) is 2.06. The predicted octanol–water partition coefficient (Wildman–Crippen LogP) is -2.09. The van der Waals surface area contributed by atoms with Crippen LogP contribution in [0, 0.1) is 40.1 Å². The van der Waals surface area contributed by atoms with Crippen LogP contribution in [-0.2, 0) is 0 Å². The van der Waals surface area contributed by atoms with Crippen LogP contribution in [0.25, 0.3) is 11.0 Å². The summed E-state index contributed by atoms with van der Waals surface area (Å²) in [4.78, 5) is 20.3. The molecule has 3 aromatic rings. The van der Waals surface area contributed by atoms with Crippen molar-refractivity contribution in [1.82, 2.24) is 20.3 Å². The molecular weight excluding hydrogens is 456 g/mol. The van der Waals surface area contributed by atoms with Gasteiger partial charge in [0.1, 0.15) is 17.9 Å². The van der Waals surface area contributed by atoms with Gasteiger partial charge in [0.2, 0.25) is 0 Å². The summed E-state index contributed by atoms with van der Waals surface area (Å²) < 4.78 is 11.5. The monoisotopic (exact) mass is 481 g/mol. The normalized spacial score (nSPS) is 11.2. The predicted molar refractivity (Wildman–Crippen MR) is 138 cm³/mol. The van der Waals surface area contributed by atoms with E-state index in [1.807, 2.05) is 31.5 Å². The zero-order valence-electron chi connectivity index (χ0n) is 21.4. The van der Waals surface area contributed by atoms with E-state index in [1.165, 1.54) is 24.8 Å². The second-order valence-corrected chi connectivity index (χ2v) is 6.97. The van der Waals surface area contributed by atoms with Crippen LogP contribution >= 0.6 is 0 Å². The van der Waals surface area contributed by atoms with Gasteiger partial charge in [0, 0.05) is 22.7 Å². The Morgan fingerprint density at radius 2 is 2.14 bits per heavy atom. The molecule has 0 saturated heterocycles. The summed E-state index contributed by atoms with van der Waals surface area (Å²) in [5, 5.41) is 6.37. The molecule has 0 amide bonds. The van der Waals surface area contributed by atoms with Crippen molar-refractivity contribution in [2.24, 2.45) is 9.98 Å². The maximum absolute atomic E-state index is 5.82. The van der Waals surface area contributed by atoms with E-state index >= 15 is 0 Å². The molecule has 9 nitrogen and oxygen atoms in total. The van der Waals surface area contributed by atoms with Crippen LogP contribution in [0.3, 0.4) is 0 Å². The number of fused-ring (bicyclic) bond motifs is 1. The number of hydrogen-bond donors (Lipinski definition) is 2. The number of rotatable bonds is 13. The number of hydrogen-bond acceptors (Lipinski definition) is 8. The van der Waals surface area contributed by atoms with Gasteiger partial charge in [0.15, 0.2) is 0 Å². The smallest absolute Gasteiger partial charge is 0.549 e. The number of aromatic nitrogens is 3. The summed E-state index contributed by atoms with van der Waals surface area (Å²) in [6.07, 6.45) is 13.0. The van der Waals surface area contributed by atoms with E-state index < -0.39 is 0 Å². The zero-order valence-corrected chi connectivity index (χ0v) is 21.4. The minimum absolute atomic E-state index is 0. The van der Waals surface area contributed by atoms with Crippen molar-refractivity contribution in [3.63, 3.8) is 0 Å². The molecule has 11 heteroatoms. The van der Waals surface area contributed by atoms with Gasteiger partial charge in [-0.15, -0.1) is 25.2 Å². The van der Waals surface area contributed by atoms with Crippen molar-refractivity contribution in [2.75, 3.05) is 25.0 Å². The van der Waals surface area contributed by atoms with Crippen LogP contribution in [-0.4, -0.2) is 47.2 Å². The molecule has 2 aromatic heterocycles. The maximum atomic E-state index is 5.82. The first-order valence-corrected chi connectivity index (χ1v) is 10.7. The van der Waals surface area contributed by atoms with Crippen LogP contribution in [0.4, 0.5) is 11.5 Å². The molecule has 0 aliphatic heterocycles. The fourth-order valence-electron chi connectivity index (χ4n) is 2.84. The maximum Gasteiger partial charge on any atom is 1.00 e. The van der Waals surface area contributed by atoms with Crippen molar-refractivity contribution >= 4 is 35.1 Å². The van der Waals surface area contributed by atoms with Gasteiger partial charge in [0.05, 0.1) is 0 Å². The largest absolute Gasteiger partial charge is 1.00 e. The number of nitrogens with zero attached hydrogens (tertiary/aromatic N) is 5. The van der Waals surface area contributed by atoms with Crippen LogP contribution in [0.1, 0.15) is 5.56 Å².